The van der Waals surface area contributed by atoms with E-state index in [-0.39, 0.29) is 0 Å². The average molecular weight is 369 g/mol. The van der Waals surface area contributed by atoms with Gasteiger partial charge in [-0.05, 0) is 32.0 Å². The summed E-state index contributed by atoms with van der Waals surface area (Å²) in [5.41, 5.74) is 1.31. The summed E-state index contributed by atoms with van der Waals surface area (Å²) in [7, 11) is 6.12. The van der Waals surface area contributed by atoms with E-state index in [1.54, 1.807) is 0 Å². The molecule has 1 aromatic heterocycles. The van der Waals surface area contributed by atoms with Crippen molar-refractivity contribution < 1.29 is 0 Å². The summed E-state index contributed by atoms with van der Waals surface area (Å²) >= 11 is 0. The minimum Gasteiger partial charge on any atom is -0.354 e. The molecule has 6 nitrogen and oxygen atoms in total. The number of imidazole rings is 1. The first kappa shape index (κ1) is 19.4. The van der Waals surface area contributed by atoms with Crippen LogP contribution in [0.25, 0.3) is 0 Å². The fourth-order valence-electron chi connectivity index (χ4n) is 3.89. The molecule has 6 heteroatoms. The van der Waals surface area contributed by atoms with Gasteiger partial charge in [-0.1, -0.05) is 37.3 Å². The molecule has 3 atom stereocenters. The second-order valence-corrected chi connectivity index (χ2v) is 7.61. The monoisotopic (exact) mass is 368 g/mol. The van der Waals surface area contributed by atoms with Gasteiger partial charge in [0.2, 0.25) is 0 Å². The molecule has 3 unspecified atom stereocenters. The summed E-state index contributed by atoms with van der Waals surface area (Å²) in [4.78, 5) is 13.4. The topological polar surface area (TPSA) is 48.7 Å². The number of likely N-dealkylation sites (tertiary alicyclic amines) is 1. The lowest BCUT2D eigenvalue weighted by atomic mass is 9.93. The molecular formula is C21H32N6. The summed E-state index contributed by atoms with van der Waals surface area (Å²) < 4.78 is 2.23. The highest BCUT2D eigenvalue weighted by Gasteiger charge is 2.29. The summed E-state index contributed by atoms with van der Waals surface area (Å²) in [6, 6.07) is 11.4. The molecule has 0 saturated carbocycles. The van der Waals surface area contributed by atoms with E-state index in [0.29, 0.717) is 18.0 Å². The average Bonchev–Trinajstić information content (AvgIpc) is 3.21. The Morgan fingerprint density at radius 2 is 2.11 bits per heavy atom. The van der Waals surface area contributed by atoms with Gasteiger partial charge in [0.05, 0.1) is 18.4 Å². The van der Waals surface area contributed by atoms with Crippen LogP contribution in [0.15, 0.2) is 54.0 Å². The standard InChI is InChI=1S/C21H32N6/c1-17-10-12-26(15-20(17)27-13-11-23-16-27)21(22-2)24-14-19(25(3)4)18-8-6-5-7-9-18/h5-9,11,13,16-17,19-20H,10,12,14-15H2,1-4H3,(H,22,24). The number of hydrogen-bond acceptors (Lipinski definition) is 3. The van der Waals surface area contributed by atoms with Gasteiger partial charge in [0.25, 0.3) is 0 Å². The molecule has 1 aliphatic heterocycles. The normalized spacial score (nSPS) is 22.1. The summed E-state index contributed by atoms with van der Waals surface area (Å²) in [5, 5.41) is 3.61. The molecule has 0 aliphatic carbocycles. The molecule has 146 valence electrons. The third-order valence-corrected chi connectivity index (χ3v) is 5.60. The molecule has 2 aromatic rings. The molecule has 0 bridgehead atoms. The Kier molecular flexibility index (Phi) is 6.50. The SMILES string of the molecule is CN=C(NCC(c1ccccc1)N(C)C)N1CCC(C)C(n2ccnc2)C1. The van der Waals surface area contributed by atoms with E-state index in [2.05, 4.69) is 87.2 Å². The van der Waals surface area contributed by atoms with Crippen molar-refractivity contribution in [2.24, 2.45) is 10.9 Å². The van der Waals surface area contributed by atoms with Gasteiger partial charge in [0.15, 0.2) is 5.96 Å². The number of guanidine groups is 1. The molecule has 0 radical (unpaired) electrons. The number of aromatic nitrogens is 2. The molecule has 1 N–H and O–H groups in total. The Balaban J connectivity index is 1.66. The maximum Gasteiger partial charge on any atom is 0.193 e. The molecule has 1 fully saturated rings. The second-order valence-electron chi connectivity index (χ2n) is 7.61. The Bertz CT molecular complexity index is 710. The molecule has 0 spiro atoms. The predicted octanol–water partition coefficient (Wildman–Crippen LogP) is 2.64. The number of likely N-dealkylation sites (N-methyl/N-ethyl adjacent to an activating group) is 1. The smallest absolute Gasteiger partial charge is 0.193 e. The number of nitrogens with one attached hydrogen (secondary N) is 1. The third-order valence-electron chi connectivity index (χ3n) is 5.60. The van der Waals surface area contributed by atoms with Crippen molar-refractivity contribution in [3.63, 3.8) is 0 Å². The van der Waals surface area contributed by atoms with Crippen LogP contribution in [-0.4, -0.2) is 66.1 Å². The first-order valence-electron chi connectivity index (χ1n) is 9.74. The fourth-order valence-corrected chi connectivity index (χ4v) is 3.89. The Morgan fingerprint density at radius 1 is 1.33 bits per heavy atom. The number of nitrogens with zero attached hydrogens (tertiary/aromatic N) is 5. The summed E-state index contributed by atoms with van der Waals surface area (Å²) in [6.45, 7) is 5.14. The van der Waals surface area contributed by atoms with Crippen molar-refractivity contribution in [2.75, 3.05) is 40.8 Å². The highest BCUT2D eigenvalue weighted by molar-refractivity contribution is 5.80. The molecule has 1 aromatic carbocycles. The molecule has 2 heterocycles. The van der Waals surface area contributed by atoms with E-state index in [9.17, 15) is 0 Å². The van der Waals surface area contributed by atoms with Crippen LogP contribution in [0.4, 0.5) is 0 Å². The minimum absolute atomic E-state index is 0.302. The van der Waals surface area contributed by atoms with Crippen LogP contribution in [0.3, 0.4) is 0 Å². The minimum atomic E-state index is 0.302. The van der Waals surface area contributed by atoms with Gasteiger partial charge in [-0.15, -0.1) is 0 Å². The molecule has 0 amide bonds. The van der Waals surface area contributed by atoms with E-state index >= 15 is 0 Å². The van der Waals surface area contributed by atoms with E-state index in [1.807, 2.05) is 19.6 Å². The zero-order valence-corrected chi connectivity index (χ0v) is 16.9. The predicted molar refractivity (Wildman–Crippen MR) is 111 cm³/mol. The van der Waals surface area contributed by atoms with Crippen LogP contribution in [0.1, 0.15) is 31.0 Å². The van der Waals surface area contributed by atoms with Crippen molar-refractivity contribution in [1.82, 2.24) is 24.7 Å². The maximum atomic E-state index is 4.57. The molecule has 1 aliphatic rings. The van der Waals surface area contributed by atoms with Crippen LogP contribution in [0.5, 0.6) is 0 Å². The van der Waals surface area contributed by atoms with Gasteiger partial charge in [-0.3, -0.25) is 4.99 Å². The Labute approximate surface area is 162 Å². The van der Waals surface area contributed by atoms with Crippen molar-refractivity contribution in [1.29, 1.82) is 0 Å². The van der Waals surface area contributed by atoms with Gasteiger partial charge in [-0.25, -0.2) is 4.98 Å². The van der Waals surface area contributed by atoms with E-state index in [4.69, 9.17) is 0 Å². The number of hydrogen-bond donors (Lipinski definition) is 1. The Morgan fingerprint density at radius 3 is 2.74 bits per heavy atom. The van der Waals surface area contributed by atoms with E-state index in [0.717, 1.165) is 32.0 Å². The number of rotatable bonds is 5. The number of benzene rings is 1. The van der Waals surface area contributed by atoms with Crippen LogP contribution < -0.4 is 5.32 Å². The summed E-state index contributed by atoms with van der Waals surface area (Å²) in [5.74, 6) is 1.61. The van der Waals surface area contributed by atoms with Crippen molar-refractivity contribution in [3.8, 4) is 0 Å². The molecule has 1 saturated heterocycles. The van der Waals surface area contributed by atoms with Crippen LogP contribution in [0, 0.1) is 5.92 Å². The zero-order valence-electron chi connectivity index (χ0n) is 16.9. The first-order valence-corrected chi connectivity index (χ1v) is 9.74. The molecular weight excluding hydrogens is 336 g/mol. The van der Waals surface area contributed by atoms with Gasteiger partial charge < -0.3 is 19.7 Å². The lowest BCUT2D eigenvalue weighted by Crippen LogP contribution is -2.50. The van der Waals surface area contributed by atoms with E-state index in [1.165, 1.54) is 5.56 Å². The summed E-state index contributed by atoms with van der Waals surface area (Å²) in [6.07, 6.45) is 7.01. The van der Waals surface area contributed by atoms with Crippen LogP contribution in [-0.2, 0) is 0 Å². The van der Waals surface area contributed by atoms with Crippen molar-refractivity contribution >= 4 is 5.96 Å². The Hall–Kier alpha value is -2.34. The van der Waals surface area contributed by atoms with Crippen molar-refractivity contribution in [2.45, 2.75) is 25.4 Å². The maximum absolute atomic E-state index is 4.57. The largest absolute Gasteiger partial charge is 0.354 e. The number of piperidine rings is 1. The van der Waals surface area contributed by atoms with Crippen LogP contribution >= 0.6 is 0 Å². The first-order chi connectivity index (χ1) is 13.1. The quantitative estimate of drug-likeness (QED) is 0.651. The third kappa shape index (κ3) is 4.69. The fraction of sp³-hybridized carbons (Fsp3) is 0.524. The van der Waals surface area contributed by atoms with Gasteiger partial charge in [0, 0.05) is 39.1 Å². The van der Waals surface area contributed by atoms with Gasteiger partial charge in [0.1, 0.15) is 0 Å². The van der Waals surface area contributed by atoms with Gasteiger partial charge >= 0.3 is 0 Å². The second kappa shape index (κ2) is 9.04. The van der Waals surface area contributed by atoms with E-state index < -0.39 is 0 Å². The highest BCUT2D eigenvalue weighted by atomic mass is 15.3. The number of aliphatic imine (C=N–C) groups is 1. The van der Waals surface area contributed by atoms with Crippen molar-refractivity contribution in [3.05, 3.63) is 54.6 Å². The molecule has 27 heavy (non-hydrogen) atoms. The van der Waals surface area contributed by atoms with Gasteiger partial charge in [-0.2, -0.15) is 0 Å². The zero-order chi connectivity index (χ0) is 19.2. The lowest BCUT2D eigenvalue weighted by Gasteiger charge is -2.39. The highest BCUT2D eigenvalue weighted by Crippen LogP contribution is 2.27. The molecule has 3 rings (SSSR count). The van der Waals surface area contributed by atoms with Crippen LogP contribution in [0.2, 0.25) is 0 Å². The lowest BCUT2D eigenvalue weighted by molar-refractivity contribution is 0.187.